The van der Waals surface area contributed by atoms with Crippen molar-refractivity contribution < 1.29 is 9.25 Å². The summed E-state index contributed by atoms with van der Waals surface area (Å²) in [7, 11) is 0. The van der Waals surface area contributed by atoms with Crippen LogP contribution in [0.1, 0.15) is 12.7 Å². The Kier molecular flexibility index (Phi) is 3.16. The summed E-state index contributed by atoms with van der Waals surface area (Å²) in [6, 6.07) is 3.45. The lowest BCUT2D eigenvalue weighted by Gasteiger charge is -1.94. The number of nitrogens with two attached hydrogens (primary N) is 1. The summed E-state index contributed by atoms with van der Waals surface area (Å²) in [6.45, 7) is 2.32. The molecule has 1 rings (SSSR count). The number of halogens is 1. The Morgan fingerprint density at radius 3 is 3.00 bits per heavy atom. The Bertz CT molecular complexity index is 283. The Hall–Kier alpha value is -0.970. The van der Waals surface area contributed by atoms with Gasteiger partial charge in [0.05, 0.1) is 0 Å². The predicted molar refractivity (Wildman–Crippen MR) is 48.8 cm³/mol. The first-order chi connectivity index (χ1) is 5.74. The third kappa shape index (κ3) is 2.27. The molecule has 0 bridgehead atoms. The lowest BCUT2D eigenvalue weighted by Crippen LogP contribution is -2.12. The fourth-order valence-electron chi connectivity index (χ4n) is 0.631. The van der Waals surface area contributed by atoms with Gasteiger partial charge in [-0.3, -0.25) is 0 Å². The molecule has 1 aromatic rings. The van der Waals surface area contributed by atoms with Crippen molar-refractivity contribution in [3.63, 3.8) is 0 Å². The van der Waals surface area contributed by atoms with Gasteiger partial charge in [0.15, 0.2) is 10.4 Å². The maximum atomic E-state index is 5.50. The highest BCUT2D eigenvalue weighted by Crippen LogP contribution is 2.13. The smallest absolute Gasteiger partial charge is 0.206 e. The molecule has 0 unspecified atom stereocenters. The monoisotopic (exact) mass is 232 g/mol. The minimum Gasteiger partial charge on any atom is -0.446 e. The average Bonchev–Trinajstić information content (AvgIpc) is 2.47. The number of oxime groups is 1. The Morgan fingerprint density at radius 2 is 2.50 bits per heavy atom. The predicted octanol–water partition coefficient (Wildman–Crippen LogP) is 1.70. The third-order valence-electron chi connectivity index (χ3n) is 1.12. The van der Waals surface area contributed by atoms with Crippen molar-refractivity contribution in [2.24, 2.45) is 10.9 Å². The Labute approximate surface area is 78.5 Å². The lowest BCUT2D eigenvalue weighted by molar-refractivity contribution is 0.158. The number of hydrogen-bond acceptors (Lipinski definition) is 3. The third-order valence-corrected chi connectivity index (χ3v) is 1.54. The van der Waals surface area contributed by atoms with Crippen LogP contribution in [0.5, 0.6) is 0 Å². The Morgan fingerprint density at radius 1 is 1.75 bits per heavy atom. The average molecular weight is 233 g/mol. The van der Waals surface area contributed by atoms with Gasteiger partial charge in [-0.2, -0.15) is 0 Å². The molecule has 0 spiro atoms. The summed E-state index contributed by atoms with van der Waals surface area (Å²) in [5.41, 5.74) is 5.50. The highest BCUT2D eigenvalue weighted by atomic mass is 79.9. The maximum Gasteiger partial charge on any atom is 0.206 e. The van der Waals surface area contributed by atoms with E-state index in [9.17, 15) is 0 Å². The van der Waals surface area contributed by atoms with Crippen molar-refractivity contribution in [2.45, 2.75) is 6.92 Å². The second kappa shape index (κ2) is 4.15. The van der Waals surface area contributed by atoms with Gasteiger partial charge in [0.2, 0.25) is 5.84 Å². The topological polar surface area (TPSA) is 60.8 Å². The summed E-state index contributed by atoms with van der Waals surface area (Å²) in [5, 5.41) is 3.61. The molecule has 1 heterocycles. The molecule has 2 N–H and O–H groups in total. The zero-order valence-electron chi connectivity index (χ0n) is 6.58. The van der Waals surface area contributed by atoms with Crippen molar-refractivity contribution in [2.75, 3.05) is 6.61 Å². The van der Waals surface area contributed by atoms with Crippen molar-refractivity contribution in [1.82, 2.24) is 0 Å². The van der Waals surface area contributed by atoms with Gasteiger partial charge in [-0.05, 0) is 35.0 Å². The van der Waals surface area contributed by atoms with Crippen molar-refractivity contribution >= 4 is 21.8 Å². The molecule has 66 valence electrons. The van der Waals surface area contributed by atoms with Gasteiger partial charge in [0.25, 0.3) is 0 Å². The van der Waals surface area contributed by atoms with Crippen LogP contribution in [0, 0.1) is 0 Å². The minimum atomic E-state index is 0.238. The van der Waals surface area contributed by atoms with Crippen LogP contribution < -0.4 is 5.73 Å². The molecule has 12 heavy (non-hydrogen) atoms. The highest BCUT2D eigenvalue weighted by molar-refractivity contribution is 9.10. The second-order valence-corrected chi connectivity index (χ2v) is 2.78. The van der Waals surface area contributed by atoms with Crippen LogP contribution in [0.25, 0.3) is 0 Å². The quantitative estimate of drug-likeness (QED) is 0.491. The molecule has 0 amide bonds. The van der Waals surface area contributed by atoms with Gasteiger partial charge in [-0.25, -0.2) is 0 Å². The molecule has 1 aromatic heterocycles. The molecule has 0 aliphatic rings. The number of furan rings is 1. The maximum absolute atomic E-state index is 5.50. The van der Waals surface area contributed by atoms with E-state index < -0.39 is 0 Å². The first-order valence-corrected chi connectivity index (χ1v) is 4.24. The molecule has 0 atom stereocenters. The van der Waals surface area contributed by atoms with Gasteiger partial charge >= 0.3 is 0 Å². The molecule has 0 aliphatic heterocycles. The molecule has 0 radical (unpaired) electrons. The van der Waals surface area contributed by atoms with Gasteiger partial charge in [0, 0.05) is 0 Å². The van der Waals surface area contributed by atoms with Crippen molar-refractivity contribution in [3.8, 4) is 0 Å². The van der Waals surface area contributed by atoms with Gasteiger partial charge < -0.3 is 15.0 Å². The first-order valence-electron chi connectivity index (χ1n) is 3.45. The summed E-state index contributed by atoms with van der Waals surface area (Å²) in [6.07, 6.45) is 0. The Balaban J connectivity index is 2.70. The van der Waals surface area contributed by atoms with E-state index in [-0.39, 0.29) is 5.84 Å². The minimum absolute atomic E-state index is 0.238. The fraction of sp³-hybridized carbons (Fsp3) is 0.286. The van der Waals surface area contributed by atoms with E-state index in [4.69, 9.17) is 15.0 Å². The van der Waals surface area contributed by atoms with Crippen LogP contribution in [0.3, 0.4) is 0 Å². The van der Waals surface area contributed by atoms with Crippen molar-refractivity contribution in [1.29, 1.82) is 0 Å². The molecule has 0 aromatic carbocycles. The van der Waals surface area contributed by atoms with E-state index in [1.165, 1.54) is 0 Å². The van der Waals surface area contributed by atoms with E-state index in [2.05, 4.69) is 21.1 Å². The van der Waals surface area contributed by atoms with Gasteiger partial charge in [-0.1, -0.05) is 5.16 Å². The highest BCUT2D eigenvalue weighted by Gasteiger charge is 2.03. The van der Waals surface area contributed by atoms with Crippen LogP contribution in [-0.2, 0) is 4.84 Å². The molecule has 0 saturated heterocycles. The van der Waals surface area contributed by atoms with Gasteiger partial charge in [-0.15, -0.1) is 0 Å². The van der Waals surface area contributed by atoms with Crippen molar-refractivity contribution in [3.05, 3.63) is 22.6 Å². The molecular weight excluding hydrogens is 224 g/mol. The molecule has 5 heteroatoms. The second-order valence-electron chi connectivity index (χ2n) is 2.00. The molecule has 0 fully saturated rings. The largest absolute Gasteiger partial charge is 0.446 e. The van der Waals surface area contributed by atoms with E-state index in [0.717, 1.165) is 0 Å². The standard InChI is InChI=1S/C7H9BrN2O2/c1-2-11-10-7(9)5-3-4-6(8)12-5/h3-4H,2H2,1H3,(H2,9,10). The lowest BCUT2D eigenvalue weighted by atomic mass is 10.4. The van der Waals surface area contributed by atoms with E-state index in [1.807, 2.05) is 6.92 Å². The summed E-state index contributed by atoms with van der Waals surface area (Å²) >= 11 is 3.15. The zero-order valence-corrected chi connectivity index (χ0v) is 8.17. The number of nitrogens with zero attached hydrogens (tertiary/aromatic N) is 1. The zero-order chi connectivity index (χ0) is 8.97. The van der Waals surface area contributed by atoms with E-state index >= 15 is 0 Å². The van der Waals surface area contributed by atoms with Crippen LogP contribution >= 0.6 is 15.9 Å². The number of hydrogen-bond donors (Lipinski definition) is 1. The SMILES string of the molecule is CCO/N=C(/N)c1ccc(Br)o1. The first kappa shape index (κ1) is 9.12. The summed E-state index contributed by atoms with van der Waals surface area (Å²) < 4.78 is 5.74. The van der Waals surface area contributed by atoms with Crippen LogP contribution in [-0.4, -0.2) is 12.4 Å². The van der Waals surface area contributed by atoms with E-state index in [1.54, 1.807) is 12.1 Å². The van der Waals surface area contributed by atoms with Crippen LogP contribution in [0.15, 0.2) is 26.4 Å². The summed E-state index contributed by atoms with van der Waals surface area (Å²) in [4.78, 5) is 4.75. The van der Waals surface area contributed by atoms with Crippen LogP contribution in [0.4, 0.5) is 0 Å². The number of rotatable bonds is 3. The van der Waals surface area contributed by atoms with E-state index in [0.29, 0.717) is 17.0 Å². The molecule has 0 aliphatic carbocycles. The molecular formula is C7H9BrN2O2. The van der Waals surface area contributed by atoms with Crippen LogP contribution in [0.2, 0.25) is 0 Å². The summed E-state index contributed by atoms with van der Waals surface area (Å²) in [5.74, 6) is 0.734. The number of amidine groups is 1. The normalized spacial score (nSPS) is 11.7. The molecule has 0 saturated carbocycles. The van der Waals surface area contributed by atoms with Gasteiger partial charge in [0.1, 0.15) is 6.61 Å². The fourth-order valence-corrected chi connectivity index (χ4v) is 0.938. The molecule has 4 nitrogen and oxygen atoms in total.